The zero-order valence-corrected chi connectivity index (χ0v) is 11.0. The highest BCUT2D eigenvalue weighted by atomic mass is 79.9. The Balaban J connectivity index is 1.60. The van der Waals surface area contributed by atoms with Crippen LogP contribution < -0.4 is 10.6 Å². The first-order chi connectivity index (χ1) is 7.30. The van der Waals surface area contributed by atoms with Gasteiger partial charge in [0.1, 0.15) is 0 Å². The van der Waals surface area contributed by atoms with E-state index in [0.717, 1.165) is 13.1 Å². The quantitative estimate of drug-likeness (QED) is 0.891. The van der Waals surface area contributed by atoms with E-state index in [9.17, 15) is 0 Å². The second-order valence-corrected chi connectivity index (χ2v) is 6.88. The van der Waals surface area contributed by atoms with Crippen LogP contribution in [0.4, 0.5) is 0 Å². The summed E-state index contributed by atoms with van der Waals surface area (Å²) in [4.78, 5) is 0. The van der Waals surface area contributed by atoms with Crippen LogP contribution >= 0.6 is 27.3 Å². The third kappa shape index (κ3) is 1.88. The second-order valence-electron chi connectivity index (χ2n) is 4.65. The minimum absolute atomic E-state index is 0.614. The monoisotopic (exact) mass is 286 g/mol. The molecule has 1 spiro atoms. The van der Waals surface area contributed by atoms with Gasteiger partial charge in [0.2, 0.25) is 0 Å². The van der Waals surface area contributed by atoms with E-state index >= 15 is 0 Å². The van der Waals surface area contributed by atoms with E-state index in [1.165, 1.54) is 28.7 Å². The van der Waals surface area contributed by atoms with Crippen LogP contribution in [-0.4, -0.2) is 19.1 Å². The Morgan fingerprint density at radius 3 is 3.13 bits per heavy atom. The highest BCUT2D eigenvalue weighted by Crippen LogP contribution is 2.50. The van der Waals surface area contributed by atoms with Gasteiger partial charge in [0.15, 0.2) is 0 Å². The Labute approximate surface area is 103 Å². The van der Waals surface area contributed by atoms with Gasteiger partial charge in [-0.1, -0.05) is 0 Å². The third-order valence-electron chi connectivity index (χ3n) is 3.69. The molecular weight excluding hydrogens is 272 g/mol. The fourth-order valence-electron chi connectivity index (χ4n) is 2.46. The fraction of sp³-hybridized carbons (Fsp3) is 0.636. The van der Waals surface area contributed by atoms with Crippen LogP contribution in [-0.2, 0) is 6.54 Å². The fourth-order valence-corrected chi connectivity index (χ4v) is 3.70. The lowest BCUT2D eigenvalue weighted by molar-refractivity contribution is 0.408. The Morgan fingerprint density at radius 1 is 1.60 bits per heavy atom. The topological polar surface area (TPSA) is 24.1 Å². The molecule has 1 saturated heterocycles. The molecule has 2 aliphatic rings. The van der Waals surface area contributed by atoms with E-state index in [-0.39, 0.29) is 0 Å². The van der Waals surface area contributed by atoms with E-state index in [1.807, 2.05) is 0 Å². The normalized spacial score (nSPS) is 27.4. The molecule has 2 N–H and O–H groups in total. The number of halogens is 1. The first kappa shape index (κ1) is 10.3. The number of hydrogen-bond donors (Lipinski definition) is 2. The maximum Gasteiger partial charge on any atom is 0.0743 e. The van der Waals surface area contributed by atoms with Crippen molar-refractivity contribution in [2.75, 3.05) is 13.1 Å². The second kappa shape index (κ2) is 3.84. The largest absolute Gasteiger partial charge is 0.315 e. The molecule has 2 fully saturated rings. The summed E-state index contributed by atoms with van der Waals surface area (Å²) in [6, 6.07) is 2.88. The maximum atomic E-state index is 3.69. The van der Waals surface area contributed by atoms with E-state index < -0.39 is 0 Å². The summed E-state index contributed by atoms with van der Waals surface area (Å²) in [7, 11) is 0. The summed E-state index contributed by atoms with van der Waals surface area (Å²) < 4.78 is 1.27. The van der Waals surface area contributed by atoms with Crippen molar-refractivity contribution < 1.29 is 0 Å². The van der Waals surface area contributed by atoms with Crippen molar-refractivity contribution >= 4 is 27.3 Å². The number of rotatable bonds is 3. The van der Waals surface area contributed by atoms with Gasteiger partial charge in [0, 0.05) is 25.7 Å². The van der Waals surface area contributed by atoms with Crippen LogP contribution in [0.5, 0.6) is 0 Å². The van der Waals surface area contributed by atoms with Gasteiger partial charge in [-0.25, -0.2) is 0 Å². The van der Waals surface area contributed by atoms with Crippen molar-refractivity contribution in [3.8, 4) is 0 Å². The maximum absolute atomic E-state index is 3.69. The standard InChI is InChI=1S/C11H15BrN2S/c12-10-8(1-4-15-10)5-14-9-6-13-7-11(9)2-3-11/h1,4,9,13-14H,2-3,5-7H2. The molecule has 1 aliphatic heterocycles. The molecule has 2 nitrogen and oxygen atoms in total. The van der Waals surface area contributed by atoms with Gasteiger partial charge in [-0.15, -0.1) is 11.3 Å². The van der Waals surface area contributed by atoms with Crippen LogP contribution in [0.3, 0.4) is 0 Å². The first-order valence-corrected chi connectivity index (χ1v) is 7.13. The summed E-state index contributed by atoms with van der Waals surface area (Å²) >= 11 is 5.35. The predicted octanol–water partition coefficient (Wildman–Crippen LogP) is 2.35. The first-order valence-electron chi connectivity index (χ1n) is 5.46. The molecular formula is C11H15BrN2S. The SMILES string of the molecule is Brc1sccc1CNC1CNCC12CC2. The summed E-state index contributed by atoms with van der Waals surface area (Å²) in [5.41, 5.74) is 2.00. The minimum Gasteiger partial charge on any atom is -0.315 e. The summed E-state index contributed by atoms with van der Waals surface area (Å²) in [5.74, 6) is 0. The lowest BCUT2D eigenvalue weighted by Gasteiger charge is -2.18. The number of thiophene rings is 1. The van der Waals surface area contributed by atoms with Gasteiger partial charge in [-0.3, -0.25) is 0 Å². The highest BCUT2D eigenvalue weighted by Gasteiger charge is 2.51. The van der Waals surface area contributed by atoms with E-state index in [4.69, 9.17) is 0 Å². The Bertz CT molecular complexity index is 359. The van der Waals surface area contributed by atoms with Gasteiger partial charge >= 0.3 is 0 Å². The smallest absolute Gasteiger partial charge is 0.0743 e. The average molecular weight is 287 g/mol. The lowest BCUT2D eigenvalue weighted by atomic mass is 10.0. The van der Waals surface area contributed by atoms with Crippen molar-refractivity contribution in [3.05, 3.63) is 20.8 Å². The van der Waals surface area contributed by atoms with Crippen molar-refractivity contribution in [3.63, 3.8) is 0 Å². The molecule has 4 heteroatoms. The van der Waals surface area contributed by atoms with Crippen LogP contribution in [0.15, 0.2) is 15.2 Å². The van der Waals surface area contributed by atoms with E-state index in [0.29, 0.717) is 11.5 Å². The number of hydrogen-bond acceptors (Lipinski definition) is 3. The minimum atomic E-state index is 0.614. The van der Waals surface area contributed by atoms with Gasteiger partial charge < -0.3 is 10.6 Å². The van der Waals surface area contributed by atoms with Crippen LogP contribution in [0.1, 0.15) is 18.4 Å². The lowest BCUT2D eigenvalue weighted by Crippen LogP contribution is -2.36. The van der Waals surface area contributed by atoms with E-state index in [1.54, 1.807) is 11.3 Å². The van der Waals surface area contributed by atoms with Crippen LogP contribution in [0.2, 0.25) is 0 Å². The van der Waals surface area contributed by atoms with Crippen molar-refractivity contribution in [2.45, 2.75) is 25.4 Å². The third-order valence-corrected chi connectivity index (χ3v) is 5.50. The zero-order valence-electron chi connectivity index (χ0n) is 8.55. The Morgan fingerprint density at radius 2 is 2.47 bits per heavy atom. The van der Waals surface area contributed by atoms with Crippen molar-refractivity contribution in [1.29, 1.82) is 0 Å². The molecule has 1 saturated carbocycles. The molecule has 1 aromatic heterocycles. The summed E-state index contributed by atoms with van der Waals surface area (Å²) in [6.45, 7) is 3.36. The molecule has 1 atom stereocenters. The molecule has 0 bridgehead atoms. The van der Waals surface area contributed by atoms with Gasteiger partial charge in [0.25, 0.3) is 0 Å². The molecule has 15 heavy (non-hydrogen) atoms. The van der Waals surface area contributed by atoms with E-state index in [2.05, 4.69) is 38.0 Å². The molecule has 1 aliphatic carbocycles. The molecule has 2 heterocycles. The molecule has 0 amide bonds. The molecule has 0 radical (unpaired) electrons. The molecule has 0 aromatic carbocycles. The van der Waals surface area contributed by atoms with Gasteiger partial charge in [-0.05, 0) is 51.2 Å². The summed E-state index contributed by atoms with van der Waals surface area (Å²) in [5, 5.41) is 9.33. The molecule has 3 rings (SSSR count). The zero-order chi connectivity index (χ0) is 10.3. The van der Waals surface area contributed by atoms with Crippen LogP contribution in [0, 0.1) is 5.41 Å². The average Bonchev–Trinajstić information content (AvgIpc) is 2.70. The molecule has 82 valence electrons. The molecule has 1 aromatic rings. The number of nitrogens with one attached hydrogen (secondary N) is 2. The van der Waals surface area contributed by atoms with Gasteiger partial charge in [0.05, 0.1) is 3.79 Å². The van der Waals surface area contributed by atoms with Crippen LogP contribution in [0.25, 0.3) is 0 Å². The molecule has 1 unspecified atom stereocenters. The van der Waals surface area contributed by atoms with Crippen molar-refractivity contribution in [2.24, 2.45) is 5.41 Å². The Hall–Kier alpha value is 0.1000. The summed E-state index contributed by atoms with van der Waals surface area (Å²) in [6.07, 6.45) is 2.81. The Kier molecular flexibility index (Phi) is 2.63. The van der Waals surface area contributed by atoms with Crippen molar-refractivity contribution in [1.82, 2.24) is 10.6 Å². The highest BCUT2D eigenvalue weighted by molar-refractivity contribution is 9.11. The van der Waals surface area contributed by atoms with Gasteiger partial charge in [-0.2, -0.15) is 0 Å². The predicted molar refractivity (Wildman–Crippen MR) is 67.2 cm³/mol.